The number of fused-ring (bicyclic) bond motifs is 1. The molecular formula is C18H16N6O2. The van der Waals surface area contributed by atoms with Crippen LogP contribution in [0.2, 0.25) is 0 Å². The normalized spacial score (nSPS) is 10.7. The highest BCUT2D eigenvalue weighted by Gasteiger charge is 2.10. The summed E-state index contributed by atoms with van der Waals surface area (Å²) in [5, 5.41) is 7.69. The number of hydrogen-bond acceptors (Lipinski definition) is 7. The molecule has 4 aromatic rings. The Bertz CT molecular complexity index is 1050. The molecule has 130 valence electrons. The summed E-state index contributed by atoms with van der Waals surface area (Å²) >= 11 is 0. The van der Waals surface area contributed by atoms with Gasteiger partial charge in [0.15, 0.2) is 17.2 Å². The Labute approximate surface area is 149 Å². The summed E-state index contributed by atoms with van der Waals surface area (Å²) < 4.78 is 12.2. The zero-order chi connectivity index (χ0) is 17.9. The van der Waals surface area contributed by atoms with Gasteiger partial charge in [-0.15, -0.1) is 5.10 Å². The van der Waals surface area contributed by atoms with E-state index >= 15 is 0 Å². The molecule has 8 nitrogen and oxygen atoms in total. The lowest BCUT2D eigenvalue weighted by Crippen LogP contribution is -1.96. The van der Waals surface area contributed by atoms with Gasteiger partial charge in [-0.3, -0.25) is 4.98 Å². The Balaban J connectivity index is 1.67. The molecule has 0 saturated carbocycles. The van der Waals surface area contributed by atoms with Crippen molar-refractivity contribution in [3.63, 3.8) is 0 Å². The number of nitrogens with one attached hydrogen (secondary N) is 1. The Kier molecular flexibility index (Phi) is 4.06. The van der Waals surface area contributed by atoms with E-state index < -0.39 is 0 Å². The number of aromatic nitrogens is 5. The van der Waals surface area contributed by atoms with Crippen molar-refractivity contribution in [2.75, 3.05) is 19.5 Å². The van der Waals surface area contributed by atoms with Crippen LogP contribution in [0.1, 0.15) is 0 Å². The molecule has 26 heavy (non-hydrogen) atoms. The molecule has 4 aromatic heterocycles. The summed E-state index contributed by atoms with van der Waals surface area (Å²) in [4.78, 5) is 12.9. The number of nitrogens with zero attached hydrogens (tertiary/aromatic N) is 5. The van der Waals surface area contributed by atoms with E-state index in [1.54, 1.807) is 37.3 Å². The molecule has 0 saturated heterocycles. The summed E-state index contributed by atoms with van der Waals surface area (Å²) in [5.41, 5.74) is 3.22. The van der Waals surface area contributed by atoms with E-state index in [9.17, 15) is 0 Å². The standard InChI is InChI=1S/C18H16N6O2/c1-25-15-9-12(11-20-18(15)26-2)14-5-8-24-17(22-14)10-16(23-24)21-13-3-6-19-7-4-13/h3-11H,1-2H3,(H,19,21,23). The highest BCUT2D eigenvalue weighted by atomic mass is 16.5. The van der Waals surface area contributed by atoms with Crippen LogP contribution >= 0.6 is 0 Å². The van der Waals surface area contributed by atoms with Crippen molar-refractivity contribution in [1.82, 2.24) is 24.6 Å². The van der Waals surface area contributed by atoms with Crippen LogP contribution in [0.4, 0.5) is 11.5 Å². The fourth-order valence-corrected chi connectivity index (χ4v) is 2.56. The minimum absolute atomic E-state index is 0.436. The second kappa shape index (κ2) is 6.67. The van der Waals surface area contributed by atoms with Crippen molar-refractivity contribution in [1.29, 1.82) is 0 Å². The maximum atomic E-state index is 5.31. The third-order valence-corrected chi connectivity index (χ3v) is 3.80. The molecule has 4 rings (SSSR count). The molecule has 0 aliphatic rings. The maximum Gasteiger partial charge on any atom is 0.256 e. The van der Waals surface area contributed by atoms with Crippen LogP contribution in [-0.4, -0.2) is 38.8 Å². The summed E-state index contributed by atoms with van der Waals surface area (Å²) in [6.45, 7) is 0. The van der Waals surface area contributed by atoms with Gasteiger partial charge in [0, 0.05) is 42.1 Å². The molecule has 0 aliphatic carbocycles. The number of hydrogen-bond donors (Lipinski definition) is 1. The van der Waals surface area contributed by atoms with E-state index in [0.29, 0.717) is 23.1 Å². The molecule has 0 radical (unpaired) electrons. The van der Waals surface area contributed by atoms with Gasteiger partial charge in [0.1, 0.15) is 0 Å². The first-order valence-electron chi connectivity index (χ1n) is 7.88. The van der Waals surface area contributed by atoms with Crippen LogP contribution in [0.15, 0.2) is 55.1 Å². The monoisotopic (exact) mass is 348 g/mol. The minimum Gasteiger partial charge on any atom is -0.491 e. The predicted molar refractivity (Wildman–Crippen MR) is 96.8 cm³/mol. The highest BCUT2D eigenvalue weighted by Crippen LogP contribution is 2.29. The van der Waals surface area contributed by atoms with Gasteiger partial charge in [-0.05, 0) is 24.3 Å². The van der Waals surface area contributed by atoms with E-state index in [-0.39, 0.29) is 0 Å². The van der Waals surface area contributed by atoms with E-state index in [2.05, 4.69) is 25.4 Å². The van der Waals surface area contributed by atoms with Crippen LogP contribution < -0.4 is 14.8 Å². The van der Waals surface area contributed by atoms with Crippen molar-refractivity contribution in [2.24, 2.45) is 0 Å². The number of anilines is 2. The zero-order valence-electron chi connectivity index (χ0n) is 14.2. The van der Waals surface area contributed by atoms with Crippen LogP contribution in [0.25, 0.3) is 16.9 Å². The Hall–Kier alpha value is -3.68. The number of methoxy groups -OCH3 is 2. The van der Waals surface area contributed by atoms with E-state index in [1.165, 1.54) is 0 Å². The fourth-order valence-electron chi connectivity index (χ4n) is 2.56. The molecule has 4 heterocycles. The number of rotatable bonds is 5. The first-order valence-corrected chi connectivity index (χ1v) is 7.88. The van der Waals surface area contributed by atoms with E-state index in [0.717, 1.165) is 16.9 Å². The minimum atomic E-state index is 0.436. The third kappa shape index (κ3) is 3.00. The number of pyridine rings is 2. The van der Waals surface area contributed by atoms with E-state index in [1.807, 2.05) is 36.5 Å². The van der Waals surface area contributed by atoms with Gasteiger partial charge in [-0.1, -0.05) is 0 Å². The van der Waals surface area contributed by atoms with Gasteiger partial charge in [0.25, 0.3) is 5.88 Å². The first-order chi connectivity index (χ1) is 12.8. The van der Waals surface area contributed by atoms with Crippen molar-refractivity contribution >= 4 is 17.2 Å². The Morgan fingerprint density at radius 2 is 1.88 bits per heavy atom. The molecule has 0 aromatic carbocycles. The lowest BCUT2D eigenvalue weighted by molar-refractivity contribution is 0.343. The quantitative estimate of drug-likeness (QED) is 0.593. The lowest BCUT2D eigenvalue weighted by atomic mass is 10.2. The predicted octanol–water partition coefficient (Wildman–Crippen LogP) is 2.95. The third-order valence-electron chi connectivity index (χ3n) is 3.80. The van der Waals surface area contributed by atoms with E-state index in [4.69, 9.17) is 9.47 Å². The summed E-state index contributed by atoms with van der Waals surface area (Å²) in [5.74, 6) is 1.69. The molecule has 0 spiro atoms. The van der Waals surface area contributed by atoms with Gasteiger partial charge >= 0.3 is 0 Å². The van der Waals surface area contributed by atoms with Crippen LogP contribution in [0.5, 0.6) is 11.6 Å². The largest absolute Gasteiger partial charge is 0.491 e. The Morgan fingerprint density at radius 1 is 1.04 bits per heavy atom. The molecule has 0 amide bonds. The maximum absolute atomic E-state index is 5.31. The second-order valence-electron chi connectivity index (χ2n) is 5.44. The van der Waals surface area contributed by atoms with Crippen molar-refractivity contribution < 1.29 is 9.47 Å². The van der Waals surface area contributed by atoms with Crippen LogP contribution in [0, 0.1) is 0 Å². The summed E-state index contributed by atoms with van der Waals surface area (Å²) in [7, 11) is 3.13. The van der Waals surface area contributed by atoms with Crippen molar-refractivity contribution in [3.05, 3.63) is 55.1 Å². The number of ether oxygens (including phenoxy) is 2. The van der Waals surface area contributed by atoms with Gasteiger partial charge in [0.05, 0.1) is 19.9 Å². The van der Waals surface area contributed by atoms with Gasteiger partial charge < -0.3 is 14.8 Å². The first kappa shape index (κ1) is 15.8. The van der Waals surface area contributed by atoms with Crippen molar-refractivity contribution in [3.8, 4) is 22.9 Å². The molecule has 0 atom stereocenters. The molecule has 1 N–H and O–H groups in total. The lowest BCUT2D eigenvalue weighted by Gasteiger charge is -2.08. The molecule has 8 heteroatoms. The summed E-state index contributed by atoms with van der Waals surface area (Å²) in [6.07, 6.45) is 7.00. The molecule has 0 aliphatic heterocycles. The highest BCUT2D eigenvalue weighted by molar-refractivity contribution is 5.66. The average molecular weight is 348 g/mol. The molecular weight excluding hydrogens is 332 g/mol. The Morgan fingerprint density at radius 3 is 2.65 bits per heavy atom. The van der Waals surface area contributed by atoms with Gasteiger partial charge in [0.2, 0.25) is 0 Å². The average Bonchev–Trinajstić information content (AvgIpc) is 3.09. The summed E-state index contributed by atoms with van der Waals surface area (Å²) in [6, 6.07) is 9.34. The smallest absolute Gasteiger partial charge is 0.256 e. The van der Waals surface area contributed by atoms with Gasteiger partial charge in [-0.2, -0.15) is 0 Å². The van der Waals surface area contributed by atoms with Crippen molar-refractivity contribution in [2.45, 2.75) is 0 Å². The fraction of sp³-hybridized carbons (Fsp3) is 0.111. The topological polar surface area (TPSA) is 86.5 Å². The van der Waals surface area contributed by atoms with Crippen LogP contribution in [-0.2, 0) is 0 Å². The van der Waals surface area contributed by atoms with Gasteiger partial charge in [-0.25, -0.2) is 14.5 Å². The second-order valence-corrected chi connectivity index (χ2v) is 5.44. The zero-order valence-corrected chi connectivity index (χ0v) is 14.2. The molecule has 0 fully saturated rings. The molecule has 0 bridgehead atoms. The SMILES string of the molecule is COc1cc(-c2ccn3nc(Nc4ccncc4)cc3n2)cnc1OC. The van der Waals surface area contributed by atoms with Crippen LogP contribution in [0.3, 0.4) is 0 Å². The molecule has 0 unspecified atom stereocenters.